The highest BCUT2D eigenvalue weighted by Crippen LogP contribution is 2.33. The molecule has 0 aliphatic heterocycles. The van der Waals surface area contributed by atoms with Gasteiger partial charge in [-0.3, -0.25) is 0 Å². The van der Waals surface area contributed by atoms with Gasteiger partial charge in [0.05, 0.1) is 0 Å². The highest BCUT2D eigenvalue weighted by molar-refractivity contribution is 5.38. The molecule has 0 aliphatic carbocycles. The maximum atomic E-state index is 10.8. The van der Waals surface area contributed by atoms with Crippen molar-refractivity contribution in [3.05, 3.63) is 120 Å². The Morgan fingerprint density at radius 2 is 0.800 bits per heavy atom. The molecule has 4 rings (SSSR count). The zero-order valence-corrected chi connectivity index (χ0v) is 16.3. The molecule has 2 unspecified atom stereocenters. The van der Waals surface area contributed by atoms with Crippen LogP contribution in [0.5, 0.6) is 23.0 Å². The van der Waals surface area contributed by atoms with Crippen LogP contribution in [0.15, 0.2) is 109 Å². The van der Waals surface area contributed by atoms with Gasteiger partial charge in [-0.05, 0) is 59.7 Å². The number of hydrogen-bond acceptors (Lipinski definition) is 4. The standard InChI is InChI=1S/C26H22O4/c27-25(19-9-7-15-23(17-19)29-21-11-3-1-4-12-21)26(28)20-10-8-16-24(18-20)30-22-13-5-2-6-14-22/h1-18,25-28H. The lowest BCUT2D eigenvalue weighted by molar-refractivity contribution is 0.0171. The van der Waals surface area contributed by atoms with Crippen molar-refractivity contribution in [1.29, 1.82) is 0 Å². The average Bonchev–Trinajstić information content (AvgIpc) is 2.80. The summed E-state index contributed by atoms with van der Waals surface area (Å²) < 4.78 is 11.7. The van der Waals surface area contributed by atoms with E-state index in [2.05, 4.69) is 0 Å². The first-order chi connectivity index (χ1) is 14.7. The average molecular weight is 398 g/mol. The summed E-state index contributed by atoms with van der Waals surface area (Å²) in [6.45, 7) is 0. The van der Waals surface area contributed by atoms with Crippen molar-refractivity contribution in [3.8, 4) is 23.0 Å². The molecule has 4 aromatic rings. The molecule has 4 nitrogen and oxygen atoms in total. The van der Waals surface area contributed by atoms with E-state index in [4.69, 9.17) is 9.47 Å². The van der Waals surface area contributed by atoms with Crippen LogP contribution in [0.25, 0.3) is 0 Å². The van der Waals surface area contributed by atoms with Gasteiger partial charge in [0.15, 0.2) is 0 Å². The molecule has 150 valence electrons. The van der Waals surface area contributed by atoms with Gasteiger partial charge >= 0.3 is 0 Å². The van der Waals surface area contributed by atoms with Crippen molar-refractivity contribution in [3.63, 3.8) is 0 Å². The first-order valence-corrected chi connectivity index (χ1v) is 9.71. The maximum Gasteiger partial charge on any atom is 0.127 e. The van der Waals surface area contributed by atoms with Crippen molar-refractivity contribution in [2.24, 2.45) is 0 Å². The van der Waals surface area contributed by atoms with Crippen LogP contribution in [0.1, 0.15) is 23.3 Å². The minimum atomic E-state index is -1.11. The summed E-state index contributed by atoms with van der Waals surface area (Å²) in [6.07, 6.45) is -2.23. The van der Waals surface area contributed by atoms with Crippen LogP contribution in [0.3, 0.4) is 0 Å². The van der Waals surface area contributed by atoms with Crippen molar-refractivity contribution < 1.29 is 19.7 Å². The maximum absolute atomic E-state index is 10.8. The molecule has 0 heterocycles. The third-order valence-corrected chi connectivity index (χ3v) is 4.66. The summed E-state index contributed by atoms with van der Waals surface area (Å²) in [6, 6.07) is 33.0. The summed E-state index contributed by atoms with van der Waals surface area (Å²) >= 11 is 0. The molecule has 0 bridgehead atoms. The van der Waals surface area contributed by atoms with Crippen LogP contribution in [0.4, 0.5) is 0 Å². The fraction of sp³-hybridized carbons (Fsp3) is 0.0769. The van der Waals surface area contributed by atoms with Crippen LogP contribution in [0, 0.1) is 0 Å². The van der Waals surface area contributed by atoms with E-state index in [-0.39, 0.29) is 0 Å². The van der Waals surface area contributed by atoms with Gasteiger partial charge in [-0.2, -0.15) is 0 Å². The second-order valence-corrected chi connectivity index (χ2v) is 6.86. The van der Waals surface area contributed by atoms with Crippen molar-refractivity contribution in [1.82, 2.24) is 0 Å². The lowest BCUT2D eigenvalue weighted by atomic mass is 9.98. The molecule has 0 radical (unpaired) electrons. The topological polar surface area (TPSA) is 58.9 Å². The molecule has 0 aromatic heterocycles. The molecular weight excluding hydrogens is 376 g/mol. The van der Waals surface area contributed by atoms with E-state index in [9.17, 15) is 10.2 Å². The fourth-order valence-electron chi connectivity index (χ4n) is 3.14. The third-order valence-electron chi connectivity index (χ3n) is 4.66. The number of rotatable bonds is 7. The first-order valence-electron chi connectivity index (χ1n) is 9.71. The molecule has 2 atom stereocenters. The quantitative estimate of drug-likeness (QED) is 0.399. The first kappa shape index (κ1) is 19.7. The van der Waals surface area contributed by atoms with Crippen molar-refractivity contribution in [2.45, 2.75) is 12.2 Å². The van der Waals surface area contributed by atoms with E-state index < -0.39 is 12.2 Å². The largest absolute Gasteiger partial charge is 0.457 e. The Kier molecular flexibility index (Phi) is 6.09. The van der Waals surface area contributed by atoms with E-state index >= 15 is 0 Å². The fourth-order valence-corrected chi connectivity index (χ4v) is 3.14. The van der Waals surface area contributed by atoms with Gasteiger partial charge in [0, 0.05) is 0 Å². The van der Waals surface area contributed by atoms with Crippen LogP contribution >= 0.6 is 0 Å². The second kappa shape index (κ2) is 9.27. The van der Waals surface area contributed by atoms with Crippen LogP contribution < -0.4 is 9.47 Å². The highest BCUT2D eigenvalue weighted by atomic mass is 16.5. The van der Waals surface area contributed by atoms with E-state index in [1.54, 1.807) is 36.4 Å². The number of aliphatic hydroxyl groups is 2. The monoisotopic (exact) mass is 398 g/mol. The summed E-state index contributed by atoms with van der Waals surface area (Å²) in [7, 11) is 0. The molecule has 0 saturated carbocycles. The van der Waals surface area contributed by atoms with Gasteiger partial charge in [-0.15, -0.1) is 0 Å². The number of aliphatic hydroxyl groups excluding tert-OH is 2. The number of ether oxygens (including phenoxy) is 2. The summed E-state index contributed by atoms with van der Waals surface area (Å²) in [5.74, 6) is 2.59. The van der Waals surface area contributed by atoms with E-state index in [0.717, 1.165) is 0 Å². The molecule has 4 aromatic carbocycles. The van der Waals surface area contributed by atoms with Crippen molar-refractivity contribution >= 4 is 0 Å². The number of hydrogen-bond donors (Lipinski definition) is 2. The molecule has 0 spiro atoms. The Labute approximate surface area is 175 Å². The Balaban J connectivity index is 1.50. The minimum Gasteiger partial charge on any atom is -0.457 e. The zero-order valence-electron chi connectivity index (χ0n) is 16.3. The number of benzene rings is 4. The highest BCUT2D eigenvalue weighted by Gasteiger charge is 2.21. The van der Waals surface area contributed by atoms with Crippen molar-refractivity contribution in [2.75, 3.05) is 0 Å². The molecular formula is C26H22O4. The second-order valence-electron chi connectivity index (χ2n) is 6.86. The lowest BCUT2D eigenvalue weighted by Crippen LogP contribution is -2.10. The predicted octanol–water partition coefficient (Wildman–Crippen LogP) is 6.04. The predicted molar refractivity (Wildman–Crippen MR) is 116 cm³/mol. The van der Waals surface area contributed by atoms with Gasteiger partial charge in [0.2, 0.25) is 0 Å². The molecule has 4 heteroatoms. The molecule has 0 aliphatic rings. The molecule has 0 saturated heterocycles. The summed E-state index contributed by atoms with van der Waals surface area (Å²) in [5.41, 5.74) is 1.12. The van der Waals surface area contributed by atoms with Gasteiger partial charge in [0.1, 0.15) is 35.2 Å². The van der Waals surface area contributed by atoms with Crippen LogP contribution in [-0.2, 0) is 0 Å². The normalized spacial score (nSPS) is 12.7. The van der Waals surface area contributed by atoms with Gasteiger partial charge < -0.3 is 19.7 Å². The molecule has 30 heavy (non-hydrogen) atoms. The SMILES string of the molecule is OC(c1cccc(Oc2ccccc2)c1)C(O)c1cccc(Oc2ccccc2)c1. The van der Waals surface area contributed by atoms with Crippen LogP contribution in [-0.4, -0.2) is 10.2 Å². The number of para-hydroxylation sites is 2. The van der Waals surface area contributed by atoms with Gasteiger partial charge in [0.25, 0.3) is 0 Å². The molecule has 0 fully saturated rings. The Bertz CT molecular complexity index is 991. The Hall–Kier alpha value is -3.60. The minimum absolute atomic E-state index is 0.560. The van der Waals surface area contributed by atoms with Gasteiger partial charge in [-0.1, -0.05) is 60.7 Å². The van der Waals surface area contributed by atoms with E-state index in [0.29, 0.717) is 34.1 Å². The lowest BCUT2D eigenvalue weighted by Gasteiger charge is -2.20. The van der Waals surface area contributed by atoms with Gasteiger partial charge in [-0.25, -0.2) is 0 Å². The molecule has 0 amide bonds. The smallest absolute Gasteiger partial charge is 0.127 e. The Morgan fingerprint density at radius 3 is 1.20 bits per heavy atom. The Morgan fingerprint density at radius 1 is 0.433 bits per heavy atom. The van der Waals surface area contributed by atoms with Crippen LogP contribution in [0.2, 0.25) is 0 Å². The van der Waals surface area contributed by atoms with E-state index in [1.165, 1.54) is 0 Å². The summed E-state index contributed by atoms with van der Waals surface area (Å²) in [4.78, 5) is 0. The summed E-state index contributed by atoms with van der Waals surface area (Å²) in [5, 5.41) is 21.5. The zero-order chi connectivity index (χ0) is 20.8. The van der Waals surface area contributed by atoms with E-state index in [1.807, 2.05) is 72.8 Å². The third kappa shape index (κ3) is 4.87. The molecule has 2 N–H and O–H groups in total.